The maximum absolute atomic E-state index is 10.3. The number of hydrogen-bond donors (Lipinski definition) is 3. The van der Waals surface area contributed by atoms with Gasteiger partial charge in [-0.3, -0.25) is 0 Å². The van der Waals surface area contributed by atoms with Gasteiger partial charge in [-0.15, -0.1) is 0 Å². The summed E-state index contributed by atoms with van der Waals surface area (Å²) in [7, 11) is 0. The van der Waals surface area contributed by atoms with Gasteiger partial charge in [0.1, 0.15) is 11.4 Å². The lowest BCUT2D eigenvalue weighted by molar-refractivity contribution is 0.0437. The third-order valence-electron chi connectivity index (χ3n) is 2.76. The van der Waals surface area contributed by atoms with Gasteiger partial charge in [-0.05, 0) is 44.4 Å². The smallest absolute Gasteiger partial charge is 0.191 e. The van der Waals surface area contributed by atoms with Crippen molar-refractivity contribution in [3.05, 3.63) is 24.2 Å². The Labute approximate surface area is 125 Å². The first-order valence-electron chi connectivity index (χ1n) is 6.87. The number of nitrogens with one attached hydrogen (secondary N) is 2. The van der Waals surface area contributed by atoms with Crippen LogP contribution < -0.4 is 10.6 Å². The maximum atomic E-state index is 10.3. The van der Waals surface area contributed by atoms with E-state index >= 15 is 0 Å². The molecule has 0 saturated heterocycles. The van der Waals surface area contributed by atoms with E-state index in [0.717, 1.165) is 31.2 Å². The molecule has 1 unspecified atom stereocenters. The van der Waals surface area contributed by atoms with E-state index in [1.807, 2.05) is 18.7 Å². The van der Waals surface area contributed by atoms with Gasteiger partial charge in [-0.25, -0.2) is 4.99 Å². The van der Waals surface area contributed by atoms with Gasteiger partial charge in [0.15, 0.2) is 5.96 Å². The molecule has 1 aromatic heterocycles. The van der Waals surface area contributed by atoms with Gasteiger partial charge >= 0.3 is 0 Å². The van der Waals surface area contributed by atoms with Crippen molar-refractivity contribution in [2.24, 2.45) is 4.99 Å². The van der Waals surface area contributed by atoms with Crippen molar-refractivity contribution in [3.63, 3.8) is 0 Å². The fraction of sp³-hybridized carbons (Fsp3) is 0.643. The van der Waals surface area contributed by atoms with Crippen molar-refractivity contribution in [3.8, 4) is 0 Å². The fourth-order valence-electron chi connectivity index (χ4n) is 1.66. The molecule has 1 atom stereocenters. The van der Waals surface area contributed by atoms with Crippen LogP contribution in [0.25, 0.3) is 0 Å². The Bertz CT molecular complexity index is 391. The van der Waals surface area contributed by atoms with Crippen LogP contribution in [0.5, 0.6) is 0 Å². The molecule has 1 heterocycles. The number of nitrogens with zero attached hydrogens (tertiary/aromatic N) is 1. The van der Waals surface area contributed by atoms with E-state index < -0.39 is 5.60 Å². The lowest BCUT2D eigenvalue weighted by atomic mass is 10.0. The van der Waals surface area contributed by atoms with E-state index in [2.05, 4.69) is 21.9 Å². The van der Waals surface area contributed by atoms with Crippen LogP contribution in [-0.4, -0.2) is 42.7 Å². The van der Waals surface area contributed by atoms with E-state index in [1.165, 1.54) is 0 Å². The minimum Gasteiger partial charge on any atom is -0.466 e. The Morgan fingerprint density at radius 3 is 2.90 bits per heavy atom. The van der Waals surface area contributed by atoms with Gasteiger partial charge in [0.2, 0.25) is 0 Å². The monoisotopic (exact) mass is 299 g/mol. The number of hydrogen-bond acceptors (Lipinski definition) is 4. The van der Waals surface area contributed by atoms with Gasteiger partial charge in [0.25, 0.3) is 0 Å². The molecule has 0 aliphatic carbocycles. The van der Waals surface area contributed by atoms with Crippen LogP contribution in [0.4, 0.5) is 0 Å². The van der Waals surface area contributed by atoms with Gasteiger partial charge < -0.3 is 20.2 Å². The summed E-state index contributed by atoms with van der Waals surface area (Å²) in [5.41, 5.74) is -1.09. The number of thioether (sulfide) groups is 1. The molecular weight excluding hydrogens is 274 g/mol. The highest BCUT2D eigenvalue weighted by molar-refractivity contribution is 7.98. The number of furan rings is 1. The molecule has 1 aromatic rings. The molecule has 0 aromatic carbocycles. The molecule has 3 N–H and O–H groups in total. The average Bonchev–Trinajstić information content (AvgIpc) is 2.95. The Morgan fingerprint density at radius 1 is 1.50 bits per heavy atom. The molecule has 5 nitrogen and oxygen atoms in total. The molecule has 6 heteroatoms. The first-order valence-corrected chi connectivity index (χ1v) is 8.27. The summed E-state index contributed by atoms with van der Waals surface area (Å²) >= 11 is 1.83. The molecule has 0 bridgehead atoms. The molecule has 114 valence electrons. The second-order valence-electron chi connectivity index (χ2n) is 4.72. The molecular formula is C14H25N3O2S. The second kappa shape index (κ2) is 8.92. The van der Waals surface area contributed by atoms with Crippen LogP contribution in [-0.2, 0) is 5.60 Å². The molecule has 1 rings (SSSR count). The summed E-state index contributed by atoms with van der Waals surface area (Å²) in [6.45, 7) is 5.63. The number of guanidine groups is 1. The minimum atomic E-state index is -1.09. The van der Waals surface area contributed by atoms with E-state index in [4.69, 9.17) is 4.42 Å². The van der Waals surface area contributed by atoms with Crippen molar-refractivity contribution in [1.82, 2.24) is 10.6 Å². The van der Waals surface area contributed by atoms with Crippen LogP contribution >= 0.6 is 11.8 Å². The highest BCUT2D eigenvalue weighted by atomic mass is 32.2. The van der Waals surface area contributed by atoms with Gasteiger partial charge in [-0.1, -0.05) is 0 Å². The molecule has 0 radical (unpaired) electrons. The molecule has 0 aliphatic rings. The summed E-state index contributed by atoms with van der Waals surface area (Å²) < 4.78 is 5.24. The zero-order valence-electron chi connectivity index (χ0n) is 12.5. The molecule has 0 spiro atoms. The summed E-state index contributed by atoms with van der Waals surface area (Å²) in [6, 6.07) is 3.52. The number of rotatable bonds is 8. The summed E-state index contributed by atoms with van der Waals surface area (Å²) in [5, 5.41) is 16.8. The first kappa shape index (κ1) is 16.9. The predicted octanol–water partition coefficient (Wildman–Crippen LogP) is 1.80. The minimum absolute atomic E-state index is 0.248. The quantitative estimate of drug-likeness (QED) is 0.388. The molecule has 0 fully saturated rings. The van der Waals surface area contributed by atoms with Crippen molar-refractivity contribution in [2.45, 2.75) is 25.9 Å². The summed E-state index contributed by atoms with van der Waals surface area (Å²) in [4.78, 5) is 4.42. The normalized spacial score (nSPS) is 14.9. The van der Waals surface area contributed by atoms with Gasteiger partial charge in [-0.2, -0.15) is 11.8 Å². The van der Waals surface area contributed by atoms with Crippen molar-refractivity contribution >= 4 is 17.7 Å². The summed E-state index contributed by atoms with van der Waals surface area (Å²) in [5.74, 6) is 2.37. The summed E-state index contributed by atoms with van der Waals surface area (Å²) in [6.07, 6.45) is 4.74. The van der Waals surface area contributed by atoms with Gasteiger partial charge in [0, 0.05) is 13.1 Å². The second-order valence-corrected chi connectivity index (χ2v) is 5.71. The first-order chi connectivity index (χ1) is 9.60. The van der Waals surface area contributed by atoms with Crippen LogP contribution in [0.15, 0.2) is 27.8 Å². The van der Waals surface area contributed by atoms with E-state index in [0.29, 0.717) is 5.76 Å². The van der Waals surface area contributed by atoms with Crippen LogP contribution in [0.1, 0.15) is 26.0 Å². The molecule has 20 heavy (non-hydrogen) atoms. The average molecular weight is 299 g/mol. The lowest BCUT2D eigenvalue weighted by Gasteiger charge is -2.19. The lowest BCUT2D eigenvalue weighted by Crippen LogP contribution is -2.39. The fourth-order valence-corrected chi connectivity index (χ4v) is 2.09. The third kappa shape index (κ3) is 5.88. The third-order valence-corrected chi connectivity index (χ3v) is 3.46. The SMILES string of the molecule is CCNC(=NCC(C)(O)c1ccco1)NCCCSC. The van der Waals surface area contributed by atoms with Crippen LogP contribution in [0, 0.1) is 0 Å². The largest absolute Gasteiger partial charge is 0.466 e. The highest BCUT2D eigenvalue weighted by Crippen LogP contribution is 2.20. The van der Waals surface area contributed by atoms with E-state index in [9.17, 15) is 5.11 Å². The zero-order chi connectivity index (χ0) is 14.8. The number of aliphatic hydroxyl groups is 1. The Kier molecular flexibility index (Phi) is 7.54. The number of aliphatic imine (C=N–C) groups is 1. The highest BCUT2D eigenvalue weighted by Gasteiger charge is 2.25. The topological polar surface area (TPSA) is 69.8 Å². The Morgan fingerprint density at radius 2 is 2.30 bits per heavy atom. The zero-order valence-corrected chi connectivity index (χ0v) is 13.3. The standard InChI is InChI=1S/C14H25N3O2S/c1-4-15-13(16-8-6-10-20-3)17-11-14(2,18)12-7-5-9-19-12/h5,7,9,18H,4,6,8,10-11H2,1-3H3,(H2,15,16,17). The molecule has 0 saturated carbocycles. The van der Waals surface area contributed by atoms with Crippen molar-refractivity contribution in [1.29, 1.82) is 0 Å². The predicted molar refractivity (Wildman–Crippen MR) is 85.3 cm³/mol. The van der Waals surface area contributed by atoms with Gasteiger partial charge in [0.05, 0.1) is 12.8 Å². The Hall–Kier alpha value is -1.14. The van der Waals surface area contributed by atoms with Crippen LogP contribution in [0.3, 0.4) is 0 Å². The van der Waals surface area contributed by atoms with E-state index in [1.54, 1.807) is 25.3 Å². The molecule has 0 amide bonds. The maximum Gasteiger partial charge on any atom is 0.191 e. The van der Waals surface area contributed by atoms with Crippen LogP contribution in [0.2, 0.25) is 0 Å². The van der Waals surface area contributed by atoms with Crippen molar-refractivity contribution in [2.75, 3.05) is 31.6 Å². The van der Waals surface area contributed by atoms with E-state index in [-0.39, 0.29) is 6.54 Å². The van der Waals surface area contributed by atoms with Crippen molar-refractivity contribution < 1.29 is 9.52 Å². The molecule has 0 aliphatic heterocycles. The Balaban J connectivity index is 2.53.